The maximum atomic E-state index is 6.22. The average Bonchev–Trinajstić information content (AvgIpc) is 2.76. The minimum atomic E-state index is -0.147. The molecule has 1 atom stereocenters. The Labute approximate surface area is 121 Å². The van der Waals surface area contributed by atoms with E-state index in [2.05, 4.69) is 44.8 Å². The van der Waals surface area contributed by atoms with Gasteiger partial charge in [-0.05, 0) is 35.3 Å². The van der Waals surface area contributed by atoms with E-state index in [1.54, 1.807) is 6.20 Å². The molecule has 102 valence electrons. The van der Waals surface area contributed by atoms with Crippen LogP contribution in [0.15, 0.2) is 23.1 Å². The van der Waals surface area contributed by atoms with Crippen molar-refractivity contribution in [1.82, 2.24) is 19.7 Å². The summed E-state index contributed by atoms with van der Waals surface area (Å²) in [6.07, 6.45) is 4.85. The molecule has 2 N–H and O–H groups in total. The second-order valence-corrected chi connectivity index (χ2v) is 5.11. The van der Waals surface area contributed by atoms with E-state index < -0.39 is 0 Å². The standard InChI is InChI=1S/C13H18BrN5/c1-3-10-13(14)12(19(4-2)18-10)7-9(15)11-5-6-16-8-17-11/h5-6,8-9H,3-4,7,15H2,1-2H3. The van der Waals surface area contributed by atoms with Crippen LogP contribution in [0.3, 0.4) is 0 Å². The summed E-state index contributed by atoms with van der Waals surface area (Å²) in [5, 5.41) is 4.57. The van der Waals surface area contributed by atoms with E-state index in [9.17, 15) is 0 Å². The van der Waals surface area contributed by atoms with Crippen LogP contribution in [0.1, 0.15) is 37.0 Å². The van der Waals surface area contributed by atoms with Gasteiger partial charge >= 0.3 is 0 Å². The lowest BCUT2D eigenvalue weighted by atomic mass is 10.1. The number of aromatic nitrogens is 4. The van der Waals surface area contributed by atoms with Crippen molar-refractivity contribution < 1.29 is 0 Å². The lowest BCUT2D eigenvalue weighted by Crippen LogP contribution is -2.17. The number of nitrogens with zero attached hydrogens (tertiary/aromatic N) is 4. The van der Waals surface area contributed by atoms with Crippen molar-refractivity contribution in [2.45, 2.75) is 39.3 Å². The van der Waals surface area contributed by atoms with E-state index in [0.29, 0.717) is 6.42 Å². The molecule has 0 saturated carbocycles. The average molecular weight is 324 g/mol. The quantitative estimate of drug-likeness (QED) is 0.916. The van der Waals surface area contributed by atoms with E-state index in [0.717, 1.165) is 34.5 Å². The predicted octanol–water partition coefficient (Wildman–Crippen LogP) is 2.26. The molecule has 0 aliphatic carbocycles. The Kier molecular flexibility index (Phi) is 4.66. The minimum Gasteiger partial charge on any atom is -0.322 e. The fourth-order valence-electron chi connectivity index (χ4n) is 2.05. The van der Waals surface area contributed by atoms with Gasteiger partial charge in [-0.3, -0.25) is 4.68 Å². The summed E-state index contributed by atoms with van der Waals surface area (Å²) in [5.41, 5.74) is 9.27. The van der Waals surface area contributed by atoms with Crippen LogP contribution in [0.5, 0.6) is 0 Å². The summed E-state index contributed by atoms with van der Waals surface area (Å²) < 4.78 is 3.07. The third kappa shape index (κ3) is 3.01. The summed E-state index contributed by atoms with van der Waals surface area (Å²) in [6, 6.07) is 1.71. The molecule has 1 unspecified atom stereocenters. The highest BCUT2D eigenvalue weighted by atomic mass is 79.9. The Morgan fingerprint density at radius 1 is 1.42 bits per heavy atom. The normalized spacial score (nSPS) is 12.6. The second-order valence-electron chi connectivity index (χ2n) is 4.32. The van der Waals surface area contributed by atoms with E-state index in [1.165, 1.54) is 6.33 Å². The number of hydrogen-bond acceptors (Lipinski definition) is 4. The molecule has 0 aromatic carbocycles. The number of aryl methyl sites for hydroxylation is 2. The van der Waals surface area contributed by atoms with Gasteiger partial charge < -0.3 is 5.73 Å². The van der Waals surface area contributed by atoms with Crippen molar-refractivity contribution in [3.05, 3.63) is 40.1 Å². The zero-order valence-corrected chi connectivity index (χ0v) is 12.8. The van der Waals surface area contributed by atoms with Gasteiger partial charge in [-0.25, -0.2) is 9.97 Å². The second kappa shape index (κ2) is 6.25. The Bertz CT molecular complexity index is 537. The van der Waals surface area contributed by atoms with Crippen LogP contribution in [-0.2, 0) is 19.4 Å². The van der Waals surface area contributed by atoms with Gasteiger partial charge in [0, 0.05) is 19.2 Å². The van der Waals surface area contributed by atoms with Crippen LogP contribution in [0.2, 0.25) is 0 Å². The van der Waals surface area contributed by atoms with Crippen molar-refractivity contribution in [3.8, 4) is 0 Å². The van der Waals surface area contributed by atoms with Crippen molar-refractivity contribution in [3.63, 3.8) is 0 Å². The molecule has 0 fully saturated rings. The predicted molar refractivity (Wildman–Crippen MR) is 77.6 cm³/mol. The number of hydrogen-bond donors (Lipinski definition) is 1. The monoisotopic (exact) mass is 323 g/mol. The molecular weight excluding hydrogens is 306 g/mol. The van der Waals surface area contributed by atoms with Gasteiger partial charge in [0.05, 0.1) is 27.6 Å². The summed E-state index contributed by atoms with van der Waals surface area (Å²) in [5.74, 6) is 0. The van der Waals surface area contributed by atoms with Crippen molar-refractivity contribution in [2.24, 2.45) is 5.73 Å². The van der Waals surface area contributed by atoms with E-state index in [1.807, 2.05) is 10.7 Å². The molecule has 0 aliphatic rings. The van der Waals surface area contributed by atoms with Gasteiger partial charge in [-0.2, -0.15) is 5.10 Å². The number of rotatable bonds is 5. The van der Waals surface area contributed by atoms with Crippen LogP contribution in [0.4, 0.5) is 0 Å². The van der Waals surface area contributed by atoms with Crippen molar-refractivity contribution >= 4 is 15.9 Å². The Balaban J connectivity index is 2.26. The summed E-state index contributed by atoms with van der Waals surface area (Å²) in [4.78, 5) is 8.12. The fraction of sp³-hybridized carbons (Fsp3) is 0.462. The molecule has 0 aliphatic heterocycles. The first-order chi connectivity index (χ1) is 9.17. The van der Waals surface area contributed by atoms with Gasteiger partial charge in [0.25, 0.3) is 0 Å². The molecule has 6 heteroatoms. The molecule has 2 rings (SSSR count). The third-order valence-electron chi connectivity index (χ3n) is 3.09. The van der Waals surface area contributed by atoms with Gasteiger partial charge in [0.15, 0.2) is 0 Å². The van der Waals surface area contributed by atoms with E-state index in [-0.39, 0.29) is 6.04 Å². The molecule has 2 heterocycles. The largest absolute Gasteiger partial charge is 0.322 e. The fourth-order valence-corrected chi connectivity index (χ4v) is 2.77. The first-order valence-corrected chi connectivity index (χ1v) is 7.22. The number of halogens is 1. The molecule has 0 amide bonds. The lowest BCUT2D eigenvalue weighted by Gasteiger charge is -2.12. The highest BCUT2D eigenvalue weighted by Crippen LogP contribution is 2.25. The molecule has 0 saturated heterocycles. The summed E-state index contributed by atoms with van der Waals surface area (Å²) in [7, 11) is 0. The van der Waals surface area contributed by atoms with Gasteiger partial charge in [0.2, 0.25) is 0 Å². The highest BCUT2D eigenvalue weighted by Gasteiger charge is 2.18. The molecule has 0 radical (unpaired) electrons. The van der Waals surface area contributed by atoms with Crippen LogP contribution in [-0.4, -0.2) is 19.7 Å². The molecule has 2 aromatic heterocycles. The van der Waals surface area contributed by atoms with Gasteiger partial charge in [-0.15, -0.1) is 0 Å². The topological polar surface area (TPSA) is 69.6 Å². The first-order valence-electron chi connectivity index (χ1n) is 6.42. The van der Waals surface area contributed by atoms with Crippen molar-refractivity contribution in [1.29, 1.82) is 0 Å². The molecular formula is C13H18BrN5. The highest BCUT2D eigenvalue weighted by molar-refractivity contribution is 9.10. The smallest absolute Gasteiger partial charge is 0.115 e. The summed E-state index contributed by atoms with van der Waals surface area (Å²) in [6.45, 7) is 5.02. The first kappa shape index (κ1) is 14.1. The van der Waals surface area contributed by atoms with Crippen LogP contribution in [0.25, 0.3) is 0 Å². The Morgan fingerprint density at radius 2 is 2.21 bits per heavy atom. The lowest BCUT2D eigenvalue weighted by molar-refractivity contribution is 0.579. The van der Waals surface area contributed by atoms with Gasteiger partial charge in [-0.1, -0.05) is 6.92 Å². The molecule has 2 aromatic rings. The van der Waals surface area contributed by atoms with Gasteiger partial charge in [0.1, 0.15) is 6.33 Å². The van der Waals surface area contributed by atoms with Crippen molar-refractivity contribution in [2.75, 3.05) is 0 Å². The maximum Gasteiger partial charge on any atom is 0.115 e. The van der Waals surface area contributed by atoms with Crippen LogP contribution < -0.4 is 5.73 Å². The minimum absolute atomic E-state index is 0.147. The van der Waals surface area contributed by atoms with Crippen LogP contribution in [0, 0.1) is 0 Å². The Hall–Kier alpha value is -1.27. The molecule has 0 bridgehead atoms. The van der Waals surface area contributed by atoms with E-state index in [4.69, 9.17) is 5.73 Å². The SMILES string of the molecule is CCc1nn(CC)c(CC(N)c2ccncn2)c1Br. The third-order valence-corrected chi connectivity index (χ3v) is 4.01. The van der Waals surface area contributed by atoms with Crippen LogP contribution >= 0.6 is 15.9 Å². The molecule has 19 heavy (non-hydrogen) atoms. The Morgan fingerprint density at radius 3 is 2.79 bits per heavy atom. The number of nitrogens with two attached hydrogens (primary N) is 1. The molecule has 5 nitrogen and oxygen atoms in total. The maximum absolute atomic E-state index is 6.22. The molecule has 0 spiro atoms. The zero-order chi connectivity index (χ0) is 13.8. The zero-order valence-electron chi connectivity index (χ0n) is 11.2. The summed E-state index contributed by atoms with van der Waals surface area (Å²) >= 11 is 3.63. The van der Waals surface area contributed by atoms with E-state index >= 15 is 0 Å².